The van der Waals surface area contributed by atoms with Crippen LogP contribution in [0, 0.1) is 13.8 Å². The summed E-state index contributed by atoms with van der Waals surface area (Å²) in [4.78, 5) is 12.4. The minimum atomic E-state index is -0.0843. The highest BCUT2D eigenvalue weighted by atomic mass is 16.5. The molecule has 0 fully saturated rings. The van der Waals surface area contributed by atoms with Gasteiger partial charge in [0.05, 0.1) is 12.7 Å². The molecule has 0 saturated carbocycles. The molecule has 0 bridgehead atoms. The van der Waals surface area contributed by atoms with Gasteiger partial charge in [0.15, 0.2) is 5.76 Å². The topological polar surface area (TPSA) is 35.5 Å². The number of carbonyl (C=O) groups is 1. The van der Waals surface area contributed by atoms with Crippen LogP contribution in [-0.2, 0) is 0 Å². The van der Waals surface area contributed by atoms with Gasteiger partial charge in [-0.2, -0.15) is 0 Å². The molecule has 0 spiro atoms. The zero-order chi connectivity index (χ0) is 15.0. The predicted molar refractivity (Wildman–Crippen MR) is 81.8 cm³/mol. The van der Waals surface area contributed by atoms with Crippen LogP contribution in [0.15, 0.2) is 42.2 Å². The molecule has 0 aromatic heterocycles. The van der Waals surface area contributed by atoms with E-state index in [-0.39, 0.29) is 5.78 Å². The fourth-order valence-electron chi connectivity index (χ4n) is 2.48. The Bertz CT molecular complexity index is 757. The lowest BCUT2D eigenvalue weighted by molar-refractivity contribution is 0.101. The molecule has 1 aliphatic heterocycles. The van der Waals surface area contributed by atoms with Crippen molar-refractivity contribution in [1.82, 2.24) is 0 Å². The minimum Gasteiger partial charge on any atom is -0.496 e. The summed E-state index contributed by atoms with van der Waals surface area (Å²) in [5, 5.41) is 0. The van der Waals surface area contributed by atoms with Crippen LogP contribution in [0.1, 0.15) is 27.0 Å². The molecule has 0 saturated heterocycles. The van der Waals surface area contributed by atoms with Crippen LogP contribution in [0.2, 0.25) is 0 Å². The van der Waals surface area contributed by atoms with Crippen LogP contribution in [0.5, 0.6) is 11.5 Å². The van der Waals surface area contributed by atoms with E-state index in [4.69, 9.17) is 9.47 Å². The lowest BCUT2D eigenvalue weighted by atomic mass is 10.0. The van der Waals surface area contributed by atoms with Gasteiger partial charge in [-0.15, -0.1) is 0 Å². The van der Waals surface area contributed by atoms with Crippen molar-refractivity contribution in [3.8, 4) is 11.5 Å². The van der Waals surface area contributed by atoms with Crippen LogP contribution >= 0.6 is 0 Å². The molecule has 1 aliphatic rings. The second-order valence-corrected chi connectivity index (χ2v) is 5.07. The number of hydrogen-bond acceptors (Lipinski definition) is 3. The zero-order valence-corrected chi connectivity index (χ0v) is 12.3. The van der Waals surface area contributed by atoms with Crippen molar-refractivity contribution in [1.29, 1.82) is 0 Å². The molecule has 3 heteroatoms. The van der Waals surface area contributed by atoms with Crippen molar-refractivity contribution in [2.75, 3.05) is 7.11 Å². The van der Waals surface area contributed by atoms with Crippen molar-refractivity contribution in [3.63, 3.8) is 0 Å². The van der Waals surface area contributed by atoms with E-state index in [2.05, 4.69) is 0 Å². The molecule has 106 valence electrons. The molecule has 0 unspecified atom stereocenters. The first kappa shape index (κ1) is 13.4. The molecule has 3 rings (SSSR count). The smallest absolute Gasteiger partial charge is 0.231 e. The van der Waals surface area contributed by atoms with Crippen molar-refractivity contribution in [2.45, 2.75) is 13.8 Å². The number of hydrogen-bond donors (Lipinski definition) is 0. The third kappa shape index (κ3) is 2.21. The molecule has 0 radical (unpaired) electrons. The highest BCUT2D eigenvalue weighted by Crippen LogP contribution is 2.39. The Kier molecular flexibility index (Phi) is 3.26. The summed E-state index contributed by atoms with van der Waals surface area (Å²) in [5.41, 5.74) is 3.52. The van der Waals surface area contributed by atoms with E-state index in [0.717, 1.165) is 22.4 Å². The first-order valence-electron chi connectivity index (χ1n) is 6.79. The largest absolute Gasteiger partial charge is 0.496 e. The van der Waals surface area contributed by atoms with E-state index >= 15 is 0 Å². The molecule has 0 aliphatic carbocycles. The normalized spacial score (nSPS) is 15.0. The van der Waals surface area contributed by atoms with Crippen LogP contribution in [0.4, 0.5) is 0 Å². The molecule has 1 heterocycles. The van der Waals surface area contributed by atoms with E-state index in [9.17, 15) is 4.79 Å². The molecule has 0 N–H and O–H groups in total. The maximum absolute atomic E-state index is 12.4. The van der Waals surface area contributed by atoms with Gasteiger partial charge in [-0.05, 0) is 43.2 Å². The number of ketones is 1. The number of aryl methyl sites for hydroxylation is 1. The number of Topliss-reactive ketones (excluding diaryl/α,β-unsaturated/α-hetero) is 1. The number of rotatable bonds is 2. The summed E-state index contributed by atoms with van der Waals surface area (Å²) >= 11 is 0. The Balaban J connectivity index is 2.05. The average molecular weight is 280 g/mol. The van der Waals surface area contributed by atoms with Crippen molar-refractivity contribution < 1.29 is 14.3 Å². The van der Waals surface area contributed by atoms with Gasteiger partial charge in [0.25, 0.3) is 0 Å². The first-order chi connectivity index (χ1) is 10.1. The summed E-state index contributed by atoms with van der Waals surface area (Å²) < 4.78 is 11.1. The number of ether oxygens (including phenoxy) is 2. The zero-order valence-electron chi connectivity index (χ0n) is 12.3. The maximum Gasteiger partial charge on any atom is 0.231 e. The summed E-state index contributed by atoms with van der Waals surface area (Å²) in [6.45, 7) is 3.90. The molecule has 2 aromatic carbocycles. The number of allylic oxidation sites excluding steroid dienone is 1. The minimum absolute atomic E-state index is 0.0843. The van der Waals surface area contributed by atoms with Crippen LogP contribution in [-0.4, -0.2) is 12.9 Å². The Labute approximate surface area is 123 Å². The SMILES string of the molecule is COc1ccc2c(c1C)O/C(=C\c1ccccc1C)C2=O. The highest BCUT2D eigenvalue weighted by molar-refractivity contribution is 6.15. The van der Waals surface area contributed by atoms with Gasteiger partial charge in [0.2, 0.25) is 5.78 Å². The number of carbonyl (C=O) groups excluding carboxylic acids is 1. The van der Waals surface area contributed by atoms with Crippen molar-refractivity contribution in [2.24, 2.45) is 0 Å². The van der Waals surface area contributed by atoms with Crippen LogP contribution in [0.25, 0.3) is 6.08 Å². The standard InChI is InChI=1S/C18H16O3/c1-11-6-4-5-7-13(11)10-16-17(19)14-8-9-15(20-3)12(2)18(14)21-16/h4-10H,1-3H3/b16-10-. The third-order valence-corrected chi connectivity index (χ3v) is 3.73. The number of fused-ring (bicyclic) bond motifs is 1. The molecule has 0 atom stereocenters. The summed E-state index contributed by atoms with van der Waals surface area (Å²) in [6, 6.07) is 11.4. The van der Waals surface area contributed by atoms with Gasteiger partial charge in [-0.1, -0.05) is 24.3 Å². The van der Waals surface area contributed by atoms with Gasteiger partial charge in [-0.3, -0.25) is 4.79 Å². The lowest BCUT2D eigenvalue weighted by Gasteiger charge is -2.07. The van der Waals surface area contributed by atoms with E-state index in [1.807, 2.05) is 38.1 Å². The monoisotopic (exact) mass is 280 g/mol. The first-order valence-corrected chi connectivity index (χ1v) is 6.79. The van der Waals surface area contributed by atoms with Crippen molar-refractivity contribution in [3.05, 3.63) is 64.4 Å². The van der Waals surface area contributed by atoms with Gasteiger partial charge in [0.1, 0.15) is 11.5 Å². The Morgan fingerprint density at radius 3 is 2.57 bits per heavy atom. The molecule has 3 nitrogen and oxygen atoms in total. The van der Waals surface area contributed by atoms with Crippen LogP contribution in [0.3, 0.4) is 0 Å². The van der Waals surface area contributed by atoms with Crippen LogP contribution < -0.4 is 9.47 Å². The lowest BCUT2D eigenvalue weighted by Crippen LogP contribution is -1.98. The second-order valence-electron chi connectivity index (χ2n) is 5.07. The average Bonchev–Trinajstić information content (AvgIpc) is 2.80. The highest BCUT2D eigenvalue weighted by Gasteiger charge is 2.30. The molecule has 21 heavy (non-hydrogen) atoms. The summed E-state index contributed by atoms with van der Waals surface area (Å²) in [7, 11) is 1.61. The van der Waals surface area contributed by atoms with E-state index in [1.54, 1.807) is 25.3 Å². The number of methoxy groups -OCH3 is 1. The Morgan fingerprint density at radius 2 is 1.86 bits per heavy atom. The van der Waals surface area contributed by atoms with E-state index in [0.29, 0.717) is 17.1 Å². The maximum atomic E-state index is 12.4. The van der Waals surface area contributed by atoms with E-state index < -0.39 is 0 Å². The Morgan fingerprint density at radius 1 is 1.10 bits per heavy atom. The van der Waals surface area contributed by atoms with Gasteiger partial charge >= 0.3 is 0 Å². The Hall–Kier alpha value is -2.55. The molecular formula is C18H16O3. The quantitative estimate of drug-likeness (QED) is 0.782. The molecular weight excluding hydrogens is 264 g/mol. The second kappa shape index (κ2) is 5.09. The molecule has 0 amide bonds. The number of benzene rings is 2. The van der Waals surface area contributed by atoms with Gasteiger partial charge < -0.3 is 9.47 Å². The fourth-order valence-corrected chi connectivity index (χ4v) is 2.48. The van der Waals surface area contributed by atoms with Crippen molar-refractivity contribution >= 4 is 11.9 Å². The van der Waals surface area contributed by atoms with E-state index in [1.165, 1.54) is 0 Å². The predicted octanol–water partition coefficient (Wildman–Crippen LogP) is 3.93. The molecule has 2 aromatic rings. The van der Waals surface area contributed by atoms with Gasteiger partial charge in [-0.25, -0.2) is 0 Å². The summed E-state index contributed by atoms with van der Waals surface area (Å²) in [5.74, 6) is 1.59. The van der Waals surface area contributed by atoms with Gasteiger partial charge in [0, 0.05) is 5.56 Å². The summed E-state index contributed by atoms with van der Waals surface area (Å²) in [6.07, 6.45) is 1.80. The fraction of sp³-hybridized carbons (Fsp3) is 0.167. The third-order valence-electron chi connectivity index (χ3n) is 3.73.